The maximum atomic E-state index is 16.6. The molecule has 7 nitrogen and oxygen atoms in total. The topological polar surface area (TPSA) is 102 Å². The highest BCUT2D eigenvalue weighted by Crippen LogP contribution is 2.40. The Morgan fingerprint density at radius 3 is 2.06 bits per heavy atom. The molecule has 3 aliphatic rings. The van der Waals surface area contributed by atoms with Crippen molar-refractivity contribution in [3.05, 3.63) is 101 Å². The van der Waals surface area contributed by atoms with Gasteiger partial charge in [0.1, 0.15) is 5.75 Å². The molecule has 0 aromatic heterocycles. The van der Waals surface area contributed by atoms with Crippen LogP contribution in [-0.2, 0) is 15.5 Å². The van der Waals surface area contributed by atoms with Gasteiger partial charge in [0.15, 0.2) is 6.04 Å². The summed E-state index contributed by atoms with van der Waals surface area (Å²) in [4.78, 5) is 42.5. The van der Waals surface area contributed by atoms with Gasteiger partial charge in [-0.05, 0) is 104 Å². The summed E-state index contributed by atoms with van der Waals surface area (Å²) < 4.78 is 39.2. The monoisotopic (exact) mass is 685 g/mol. The maximum Gasteiger partial charge on any atom is 0.302 e. The van der Waals surface area contributed by atoms with E-state index < -0.39 is 35.1 Å². The molecule has 254 valence electrons. The van der Waals surface area contributed by atoms with Gasteiger partial charge >= 0.3 is 5.92 Å². The number of nitrogens with one attached hydrogen (secondary N) is 1. The van der Waals surface area contributed by atoms with Crippen LogP contribution in [0.2, 0.25) is 5.02 Å². The van der Waals surface area contributed by atoms with Crippen molar-refractivity contribution in [2.24, 2.45) is 5.73 Å². The van der Waals surface area contributed by atoms with Crippen molar-refractivity contribution in [2.75, 3.05) is 0 Å². The van der Waals surface area contributed by atoms with Crippen LogP contribution in [-0.4, -0.2) is 52.8 Å². The van der Waals surface area contributed by atoms with Crippen molar-refractivity contribution in [2.45, 2.75) is 87.6 Å². The Morgan fingerprint density at radius 1 is 0.816 bits per heavy atom. The van der Waals surface area contributed by atoms with E-state index in [2.05, 4.69) is 5.32 Å². The third-order valence-corrected chi connectivity index (χ3v) is 10.5. The van der Waals surface area contributed by atoms with Crippen LogP contribution in [0.3, 0.4) is 0 Å². The summed E-state index contributed by atoms with van der Waals surface area (Å²) in [5.74, 6) is -6.32. The second kappa shape index (κ2) is 13.5. The van der Waals surface area contributed by atoms with E-state index in [1.165, 1.54) is 35.2 Å². The van der Waals surface area contributed by atoms with Crippen molar-refractivity contribution in [3.63, 3.8) is 0 Å². The largest absolute Gasteiger partial charge is 0.490 e. The number of Topliss-reactive ketones (excluding diaryl/α,β-unsaturated/α-hetero) is 1. The number of ketones is 1. The van der Waals surface area contributed by atoms with Gasteiger partial charge in [-0.15, -0.1) is 0 Å². The normalized spacial score (nSPS) is 21.5. The molecule has 2 bridgehead atoms. The Bertz CT molecular complexity index is 1860. The summed E-state index contributed by atoms with van der Waals surface area (Å²) in [5, 5.41) is 4.24. The minimum Gasteiger partial charge on any atom is -0.490 e. The Hall–Kier alpha value is -4.34. The summed E-state index contributed by atoms with van der Waals surface area (Å²) in [5.41, 5.74) is 7.22. The SMILES string of the molecule is NC1CC2CCC(C1)N2C(=O)[C@@H](NC(=O)C(=O)c1ccc2cc(OC3CCCC3)ccc2c1)C(F)(F)c1ccc(-c2ccc(Cl)cc2)cc1. The molecule has 49 heavy (non-hydrogen) atoms. The van der Waals surface area contributed by atoms with Crippen LogP contribution in [0, 0.1) is 0 Å². The highest BCUT2D eigenvalue weighted by Gasteiger charge is 2.53. The average Bonchev–Trinajstić information content (AvgIpc) is 3.71. The molecule has 1 aliphatic carbocycles. The zero-order valence-corrected chi connectivity index (χ0v) is 27.7. The number of rotatable bonds is 9. The molecule has 3 N–H and O–H groups in total. The number of benzene rings is 4. The van der Waals surface area contributed by atoms with E-state index in [-0.39, 0.29) is 29.8 Å². The standard InChI is InChI=1S/C39H38ClF2N3O4/c40-29-14-9-24(10-15-29)23-7-12-28(13-8-23)39(41,42)36(38(48)45-31-16-17-32(45)22-30(43)21-31)44-37(47)35(46)27-6-5-26-20-34(18-11-25(26)19-27)49-33-3-1-2-4-33/h5-15,18-20,30-33,36H,1-4,16-17,21-22,43H2,(H,44,47)/t30?,31?,32?,36-/m1/s1. The number of nitrogens with two attached hydrogens (primary N) is 1. The van der Waals surface area contributed by atoms with E-state index in [9.17, 15) is 14.4 Å². The van der Waals surface area contributed by atoms with Crippen LogP contribution < -0.4 is 15.8 Å². The molecule has 2 aliphatic heterocycles. The van der Waals surface area contributed by atoms with E-state index in [0.29, 0.717) is 41.7 Å². The lowest BCUT2D eigenvalue weighted by molar-refractivity contribution is -0.152. The van der Waals surface area contributed by atoms with Crippen molar-refractivity contribution < 1.29 is 27.9 Å². The fourth-order valence-corrected chi connectivity index (χ4v) is 7.82. The number of piperidine rings is 1. The van der Waals surface area contributed by atoms with Crippen molar-refractivity contribution >= 4 is 40.0 Å². The molecular weight excluding hydrogens is 648 g/mol. The first kappa shape index (κ1) is 33.2. The number of fused-ring (bicyclic) bond motifs is 3. The van der Waals surface area contributed by atoms with Crippen LogP contribution in [0.1, 0.15) is 67.3 Å². The van der Waals surface area contributed by atoms with Crippen molar-refractivity contribution in [1.29, 1.82) is 0 Å². The fourth-order valence-electron chi connectivity index (χ4n) is 7.69. The molecule has 4 aromatic carbocycles. The van der Waals surface area contributed by atoms with E-state index in [1.807, 2.05) is 12.1 Å². The number of halogens is 3. The lowest BCUT2D eigenvalue weighted by atomic mass is 9.93. The molecule has 1 saturated carbocycles. The van der Waals surface area contributed by atoms with E-state index in [0.717, 1.165) is 42.4 Å². The molecule has 2 saturated heterocycles. The number of carbonyl (C=O) groups excluding carboxylic acids is 3. The van der Waals surface area contributed by atoms with E-state index in [4.69, 9.17) is 22.1 Å². The van der Waals surface area contributed by atoms with Gasteiger partial charge in [-0.3, -0.25) is 14.4 Å². The predicted molar refractivity (Wildman–Crippen MR) is 185 cm³/mol. The Labute approximate surface area is 288 Å². The summed E-state index contributed by atoms with van der Waals surface area (Å²) in [6.45, 7) is 0. The van der Waals surface area contributed by atoms with Crippen LogP contribution in [0.25, 0.3) is 21.9 Å². The smallest absolute Gasteiger partial charge is 0.302 e. The molecule has 2 unspecified atom stereocenters. The quantitative estimate of drug-likeness (QED) is 0.141. The minimum atomic E-state index is -3.84. The average molecular weight is 686 g/mol. The van der Waals surface area contributed by atoms with Crippen LogP contribution in [0.15, 0.2) is 84.9 Å². The van der Waals surface area contributed by atoms with Gasteiger partial charge in [0, 0.05) is 34.3 Å². The van der Waals surface area contributed by atoms with Gasteiger partial charge in [0.2, 0.25) is 5.78 Å². The molecule has 3 atom stereocenters. The van der Waals surface area contributed by atoms with E-state index in [1.54, 1.807) is 42.5 Å². The van der Waals surface area contributed by atoms with Crippen molar-refractivity contribution in [3.8, 4) is 16.9 Å². The zero-order chi connectivity index (χ0) is 34.3. The Morgan fingerprint density at radius 2 is 1.41 bits per heavy atom. The van der Waals surface area contributed by atoms with E-state index >= 15 is 8.78 Å². The van der Waals surface area contributed by atoms with Gasteiger partial charge in [0.05, 0.1) is 6.10 Å². The Kier molecular flexibility index (Phi) is 9.15. The molecule has 3 fully saturated rings. The highest BCUT2D eigenvalue weighted by atomic mass is 35.5. The second-order valence-electron chi connectivity index (χ2n) is 13.6. The van der Waals surface area contributed by atoms with Crippen molar-refractivity contribution in [1.82, 2.24) is 10.2 Å². The van der Waals surface area contributed by atoms with Crippen LogP contribution in [0.5, 0.6) is 5.75 Å². The first-order valence-electron chi connectivity index (χ1n) is 16.9. The van der Waals surface area contributed by atoms with Gasteiger partial charge < -0.3 is 20.7 Å². The lowest BCUT2D eigenvalue weighted by Gasteiger charge is -2.41. The molecule has 0 spiro atoms. The van der Waals surface area contributed by atoms with Crippen LogP contribution >= 0.6 is 11.6 Å². The molecular formula is C39H38ClF2N3O4. The molecule has 0 radical (unpaired) electrons. The lowest BCUT2D eigenvalue weighted by Crippen LogP contribution is -2.61. The number of carbonyl (C=O) groups is 3. The summed E-state index contributed by atoms with van der Waals surface area (Å²) in [7, 11) is 0. The Balaban J connectivity index is 1.15. The number of hydrogen-bond donors (Lipinski definition) is 2. The predicted octanol–water partition coefficient (Wildman–Crippen LogP) is 7.42. The van der Waals surface area contributed by atoms with Gasteiger partial charge in [-0.2, -0.15) is 8.78 Å². The summed E-state index contributed by atoms with van der Waals surface area (Å²) in [6, 6.07) is 19.7. The maximum absolute atomic E-state index is 16.6. The number of hydrogen-bond acceptors (Lipinski definition) is 5. The minimum absolute atomic E-state index is 0.0281. The molecule has 2 amide bonds. The first-order valence-corrected chi connectivity index (χ1v) is 17.3. The van der Waals surface area contributed by atoms with Crippen LogP contribution in [0.4, 0.5) is 8.78 Å². The summed E-state index contributed by atoms with van der Waals surface area (Å²) >= 11 is 6.00. The van der Waals surface area contributed by atoms with Gasteiger partial charge in [-0.25, -0.2) is 0 Å². The number of amides is 2. The van der Waals surface area contributed by atoms with Gasteiger partial charge in [0.25, 0.3) is 11.8 Å². The highest BCUT2D eigenvalue weighted by molar-refractivity contribution is 6.43. The third kappa shape index (κ3) is 6.79. The number of nitrogens with zero attached hydrogens (tertiary/aromatic N) is 1. The molecule has 4 aromatic rings. The molecule has 2 heterocycles. The number of alkyl halides is 2. The first-order chi connectivity index (χ1) is 23.6. The molecule has 10 heteroatoms. The summed E-state index contributed by atoms with van der Waals surface area (Å²) in [6.07, 6.45) is 6.80. The molecule has 7 rings (SSSR count). The second-order valence-corrected chi connectivity index (χ2v) is 14.0. The van der Waals surface area contributed by atoms with Gasteiger partial charge in [-0.1, -0.05) is 66.2 Å². The zero-order valence-electron chi connectivity index (χ0n) is 26.9. The fraction of sp³-hybridized carbons (Fsp3) is 0.359. The third-order valence-electron chi connectivity index (χ3n) is 10.2. The number of ether oxygens (including phenoxy) is 1.